The van der Waals surface area contributed by atoms with Crippen LogP contribution in [0.1, 0.15) is 34.0 Å². The van der Waals surface area contributed by atoms with Gasteiger partial charge >= 0.3 is 0 Å². The summed E-state index contributed by atoms with van der Waals surface area (Å²) in [5.74, 6) is 0.685. The normalized spacial score (nSPS) is 11.2. The van der Waals surface area contributed by atoms with E-state index in [2.05, 4.69) is 34.9 Å². The average Bonchev–Trinajstić information content (AvgIpc) is 2.79. The lowest BCUT2D eigenvalue weighted by molar-refractivity contribution is -0.118. The van der Waals surface area contributed by atoms with Crippen LogP contribution in [-0.2, 0) is 10.5 Å². The number of hydrogen-bond donors (Lipinski definition) is 2. The van der Waals surface area contributed by atoms with Crippen LogP contribution >= 0.6 is 23.4 Å². The van der Waals surface area contributed by atoms with E-state index in [0.717, 1.165) is 11.3 Å². The third-order valence-electron chi connectivity index (χ3n) is 4.73. The van der Waals surface area contributed by atoms with Crippen molar-refractivity contribution < 1.29 is 9.59 Å². The summed E-state index contributed by atoms with van der Waals surface area (Å²) in [7, 11) is 0. The average molecular weight is 466 g/mol. The van der Waals surface area contributed by atoms with Crippen LogP contribution in [0, 0.1) is 6.92 Å². The van der Waals surface area contributed by atoms with Crippen molar-refractivity contribution >= 4 is 46.6 Å². The Hall–Kier alpha value is -3.09. The van der Waals surface area contributed by atoms with Crippen LogP contribution in [0.4, 0.5) is 5.69 Å². The van der Waals surface area contributed by atoms with Gasteiger partial charge in [-0.15, -0.1) is 11.8 Å². The van der Waals surface area contributed by atoms with Gasteiger partial charge in [-0.3, -0.25) is 9.59 Å². The molecule has 3 aromatic rings. The molecule has 5 nitrogen and oxygen atoms in total. The van der Waals surface area contributed by atoms with E-state index < -0.39 is 0 Å². The second-order valence-corrected chi connectivity index (χ2v) is 8.62. The molecule has 0 aliphatic carbocycles. The first-order chi connectivity index (χ1) is 15.4. The van der Waals surface area contributed by atoms with Gasteiger partial charge in [0.25, 0.3) is 5.91 Å². The van der Waals surface area contributed by atoms with Crippen molar-refractivity contribution in [3.63, 3.8) is 0 Å². The number of hydrazone groups is 1. The summed E-state index contributed by atoms with van der Waals surface area (Å²) in [5.41, 5.74) is 7.58. The SMILES string of the molecule is CC(=NNC(=O)CSCc1ccccc1C)c1cccc(NC(=O)c2cccc(Cl)c2)c1. The number of rotatable bonds is 8. The summed E-state index contributed by atoms with van der Waals surface area (Å²) in [6.07, 6.45) is 0. The molecule has 0 radical (unpaired) electrons. The summed E-state index contributed by atoms with van der Waals surface area (Å²) in [6.45, 7) is 3.87. The molecule has 0 bridgehead atoms. The van der Waals surface area contributed by atoms with Crippen molar-refractivity contribution in [3.05, 3.63) is 100 Å². The van der Waals surface area contributed by atoms with Crippen LogP contribution in [0.3, 0.4) is 0 Å². The molecule has 0 fully saturated rings. The van der Waals surface area contributed by atoms with Crippen molar-refractivity contribution in [3.8, 4) is 0 Å². The highest BCUT2D eigenvalue weighted by Crippen LogP contribution is 2.17. The van der Waals surface area contributed by atoms with Crippen LogP contribution in [-0.4, -0.2) is 23.3 Å². The predicted molar refractivity (Wildman–Crippen MR) is 134 cm³/mol. The van der Waals surface area contributed by atoms with Gasteiger partial charge in [0.1, 0.15) is 0 Å². The Labute approximate surface area is 197 Å². The molecule has 0 atom stereocenters. The second kappa shape index (κ2) is 11.5. The maximum Gasteiger partial charge on any atom is 0.255 e. The molecule has 0 unspecified atom stereocenters. The number of carbonyl (C=O) groups excluding carboxylic acids is 2. The van der Waals surface area contributed by atoms with Crippen LogP contribution in [0.25, 0.3) is 0 Å². The van der Waals surface area contributed by atoms with Gasteiger partial charge in [-0.2, -0.15) is 5.10 Å². The van der Waals surface area contributed by atoms with E-state index >= 15 is 0 Å². The molecule has 2 N–H and O–H groups in total. The minimum absolute atomic E-state index is 0.159. The molecular formula is C25H24ClN3O2S. The fourth-order valence-corrected chi connectivity index (χ4v) is 4.01. The Bertz CT molecular complexity index is 1150. The predicted octanol–water partition coefficient (Wildman–Crippen LogP) is 5.67. The van der Waals surface area contributed by atoms with Crippen LogP contribution in [0.5, 0.6) is 0 Å². The standard InChI is InChI=1S/C25H24ClN3O2S/c1-17-7-3-4-8-21(17)15-32-16-24(30)29-28-18(2)19-9-6-12-23(14-19)27-25(31)20-10-5-11-22(26)13-20/h3-14H,15-16H2,1-2H3,(H,27,31)(H,29,30). The van der Waals surface area contributed by atoms with Gasteiger partial charge in [0.2, 0.25) is 5.91 Å². The van der Waals surface area contributed by atoms with E-state index in [1.54, 1.807) is 55.1 Å². The number of carbonyl (C=O) groups is 2. The van der Waals surface area contributed by atoms with Gasteiger partial charge in [0.05, 0.1) is 11.5 Å². The fourth-order valence-electron chi connectivity index (χ4n) is 2.92. The molecule has 3 aromatic carbocycles. The first-order valence-electron chi connectivity index (χ1n) is 10.0. The van der Waals surface area contributed by atoms with Gasteiger partial charge in [-0.05, 0) is 60.9 Å². The molecule has 32 heavy (non-hydrogen) atoms. The molecule has 0 aromatic heterocycles. The zero-order valence-corrected chi connectivity index (χ0v) is 19.5. The molecule has 0 saturated carbocycles. The third-order valence-corrected chi connectivity index (χ3v) is 5.94. The van der Waals surface area contributed by atoms with E-state index in [-0.39, 0.29) is 11.8 Å². The Balaban J connectivity index is 1.54. The molecule has 0 spiro atoms. The minimum Gasteiger partial charge on any atom is -0.322 e. The maximum absolute atomic E-state index is 12.4. The van der Waals surface area contributed by atoms with Gasteiger partial charge in [-0.25, -0.2) is 5.43 Å². The van der Waals surface area contributed by atoms with Gasteiger partial charge < -0.3 is 5.32 Å². The largest absolute Gasteiger partial charge is 0.322 e. The highest BCUT2D eigenvalue weighted by atomic mass is 35.5. The van der Waals surface area contributed by atoms with E-state index in [0.29, 0.717) is 27.7 Å². The van der Waals surface area contributed by atoms with Crippen LogP contribution < -0.4 is 10.7 Å². The minimum atomic E-state index is -0.252. The van der Waals surface area contributed by atoms with Crippen LogP contribution in [0.15, 0.2) is 77.9 Å². The smallest absolute Gasteiger partial charge is 0.255 e. The first kappa shape index (κ1) is 23.6. The molecule has 7 heteroatoms. The number of aryl methyl sites for hydroxylation is 1. The summed E-state index contributed by atoms with van der Waals surface area (Å²) in [4.78, 5) is 24.6. The monoisotopic (exact) mass is 465 g/mol. The van der Waals surface area contributed by atoms with Crippen molar-refractivity contribution in [2.75, 3.05) is 11.1 Å². The van der Waals surface area contributed by atoms with Gasteiger partial charge in [0.15, 0.2) is 0 Å². The molecule has 0 saturated heterocycles. The summed E-state index contributed by atoms with van der Waals surface area (Å²) >= 11 is 7.50. The lowest BCUT2D eigenvalue weighted by atomic mass is 10.1. The Morgan fingerprint density at radius 2 is 1.72 bits per heavy atom. The molecule has 0 aliphatic heterocycles. The van der Waals surface area contributed by atoms with E-state index in [9.17, 15) is 9.59 Å². The quantitative estimate of drug-likeness (QED) is 0.332. The number of anilines is 1. The third kappa shape index (κ3) is 6.97. The van der Waals surface area contributed by atoms with Crippen molar-refractivity contribution in [2.45, 2.75) is 19.6 Å². The number of hydrogen-bond acceptors (Lipinski definition) is 4. The summed E-state index contributed by atoms with van der Waals surface area (Å²) < 4.78 is 0. The zero-order valence-electron chi connectivity index (χ0n) is 17.9. The van der Waals surface area contributed by atoms with E-state index in [4.69, 9.17) is 11.6 Å². The Kier molecular flexibility index (Phi) is 8.48. The number of nitrogens with zero attached hydrogens (tertiary/aromatic N) is 1. The molecule has 0 heterocycles. The molecule has 164 valence electrons. The Morgan fingerprint density at radius 1 is 0.969 bits per heavy atom. The highest BCUT2D eigenvalue weighted by Gasteiger charge is 2.08. The van der Waals surface area contributed by atoms with E-state index in [1.165, 1.54) is 11.1 Å². The fraction of sp³-hybridized carbons (Fsp3) is 0.160. The molecule has 3 rings (SSSR count). The van der Waals surface area contributed by atoms with E-state index in [1.807, 2.05) is 24.3 Å². The summed E-state index contributed by atoms with van der Waals surface area (Å²) in [6, 6.07) is 22.2. The number of nitrogens with one attached hydrogen (secondary N) is 2. The molecule has 0 aliphatic rings. The number of halogens is 1. The first-order valence-corrected chi connectivity index (χ1v) is 11.6. The molecule has 2 amide bonds. The van der Waals surface area contributed by atoms with Crippen molar-refractivity contribution in [1.82, 2.24) is 5.43 Å². The molecular weight excluding hydrogens is 442 g/mol. The topological polar surface area (TPSA) is 70.6 Å². The summed E-state index contributed by atoms with van der Waals surface area (Å²) in [5, 5.41) is 7.55. The van der Waals surface area contributed by atoms with Gasteiger partial charge in [-0.1, -0.05) is 54.1 Å². The van der Waals surface area contributed by atoms with Gasteiger partial charge in [0, 0.05) is 22.0 Å². The number of amides is 2. The number of thioether (sulfide) groups is 1. The zero-order chi connectivity index (χ0) is 22.9. The Morgan fingerprint density at radius 3 is 2.50 bits per heavy atom. The highest BCUT2D eigenvalue weighted by molar-refractivity contribution is 7.99. The maximum atomic E-state index is 12.4. The number of benzene rings is 3. The lowest BCUT2D eigenvalue weighted by Crippen LogP contribution is -2.21. The lowest BCUT2D eigenvalue weighted by Gasteiger charge is -2.08. The van der Waals surface area contributed by atoms with Crippen molar-refractivity contribution in [2.24, 2.45) is 5.10 Å². The second-order valence-electron chi connectivity index (χ2n) is 7.20. The van der Waals surface area contributed by atoms with Crippen molar-refractivity contribution in [1.29, 1.82) is 0 Å². The van der Waals surface area contributed by atoms with Crippen LogP contribution in [0.2, 0.25) is 5.02 Å².